The zero-order valence-electron chi connectivity index (χ0n) is 15.7. The summed E-state index contributed by atoms with van der Waals surface area (Å²) < 4.78 is 45.5. The number of carbonyl (C=O) groups excluding carboxylic acids is 1. The molecule has 0 bridgehead atoms. The van der Waals surface area contributed by atoms with Crippen molar-refractivity contribution in [1.82, 2.24) is 9.21 Å². The molecule has 0 radical (unpaired) electrons. The largest absolute Gasteiger partial charge is 0.497 e. The summed E-state index contributed by atoms with van der Waals surface area (Å²) in [5, 5.41) is 0. The highest BCUT2D eigenvalue weighted by molar-refractivity contribution is 7.89. The molecule has 150 valence electrons. The Morgan fingerprint density at radius 3 is 2.46 bits per heavy atom. The van der Waals surface area contributed by atoms with E-state index in [-0.39, 0.29) is 23.9 Å². The van der Waals surface area contributed by atoms with Gasteiger partial charge in [-0.2, -0.15) is 4.31 Å². The average molecular weight is 406 g/mol. The van der Waals surface area contributed by atoms with Gasteiger partial charge in [-0.05, 0) is 36.2 Å². The lowest BCUT2D eigenvalue weighted by Gasteiger charge is -2.34. The van der Waals surface area contributed by atoms with Crippen LogP contribution in [0.1, 0.15) is 12.0 Å². The Morgan fingerprint density at radius 2 is 1.79 bits per heavy atom. The van der Waals surface area contributed by atoms with Crippen molar-refractivity contribution in [1.29, 1.82) is 0 Å². The van der Waals surface area contributed by atoms with E-state index in [1.807, 2.05) is 24.3 Å². The molecule has 0 saturated carbocycles. The van der Waals surface area contributed by atoms with Crippen molar-refractivity contribution in [2.24, 2.45) is 0 Å². The number of rotatable bonds is 6. The fourth-order valence-corrected chi connectivity index (χ4v) is 4.70. The smallest absolute Gasteiger partial charge is 0.246 e. The molecule has 1 fully saturated rings. The highest BCUT2D eigenvalue weighted by atomic mass is 32.2. The number of benzene rings is 2. The number of piperazine rings is 1. The van der Waals surface area contributed by atoms with Crippen LogP contribution in [0, 0.1) is 5.82 Å². The van der Waals surface area contributed by atoms with Crippen LogP contribution in [0.5, 0.6) is 5.75 Å². The molecule has 0 N–H and O–H groups in total. The first-order valence-corrected chi connectivity index (χ1v) is 10.5. The number of amides is 1. The Morgan fingerprint density at radius 1 is 1.07 bits per heavy atom. The normalized spacial score (nSPS) is 15.4. The second-order valence-electron chi connectivity index (χ2n) is 6.57. The van der Waals surface area contributed by atoms with Crippen molar-refractivity contribution in [3.8, 4) is 5.75 Å². The molecule has 28 heavy (non-hydrogen) atoms. The van der Waals surface area contributed by atoms with Crippen LogP contribution in [0.25, 0.3) is 0 Å². The molecule has 2 aromatic carbocycles. The lowest BCUT2D eigenvalue weighted by Crippen LogP contribution is -2.50. The van der Waals surface area contributed by atoms with Crippen LogP contribution < -0.4 is 4.74 Å². The summed E-state index contributed by atoms with van der Waals surface area (Å²) in [6.07, 6.45) is 0.928. The molecular formula is C20H23FN2O4S. The van der Waals surface area contributed by atoms with Crippen molar-refractivity contribution >= 4 is 15.9 Å². The van der Waals surface area contributed by atoms with Gasteiger partial charge in [0.2, 0.25) is 15.9 Å². The fraction of sp³-hybridized carbons (Fsp3) is 0.350. The molecule has 0 aliphatic carbocycles. The summed E-state index contributed by atoms with van der Waals surface area (Å²) >= 11 is 0. The molecule has 0 aromatic heterocycles. The third-order valence-corrected chi connectivity index (χ3v) is 6.74. The summed E-state index contributed by atoms with van der Waals surface area (Å²) in [4.78, 5) is 13.8. The van der Waals surface area contributed by atoms with E-state index in [4.69, 9.17) is 4.74 Å². The Bertz CT molecular complexity index is 941. The van der Waals surface area contributed by atoms with Gasteiger partial charge in [-0.1, -0.05) is 24.3 Å². The van der Waals surface area contributed by atoms with E-state index in [9.17, 15) is 17.6 Å². The third-order valence-electron chi connectivity index (χ3n) is 4.81. The Hall–Kier alpha value is -2.45. The fourth-order valence-electron chi connectivity index (χ4n) is 3.21. The standard InChI is InChI=1S/C20H23FN2O4S/c1-27-17-6-4-5-16(15-17)9-10-20(24)22-11-13-23(14-12-22)28(25,26)19-8-3-2-7-18(19)21/h2-8,15H,9-14H2,1H3. The van der Waals surface area contributed by atoms with E-state index < -0.39 is 15.8 Å². The van der Waals surface area contributed by atoms with Gasteiger partial charge in [0.25, 0.3) is 0 Å². The lowest BCUT2D eigenvalue weighted by atomic mass is 10.1. The number of ether oxygens (including phenoxy) is 1. The number of hydrogen-bond donors (Lipinski definition) is 0. The summed E-state index contributed by atoms with van der Waals surface area (Å²) in [6.45, 7) is 0.901. The van der Waals surface area contributed by atoms with Gasteiger partial charge < -0.3 is 9.64 Å². The number of methoxy groups -OCH3 is 1. The maximum Gasteiger partial charge on any atom is 0.246 e. The second-order valence-corrected chi connectivity index (χ2v) is 8.47. The maximum atomic E-state index is 13.9. The molecule has 3 rings (SSSR count). The summed E-state index contributed by atoms with van der Waals surface area (Å²) in [5.41, 5.74) is 1.01. The van der Waals surface area contributed by atoms with Gasteiger partial charge in [-0.3, -0.25) is 4.79 Å². The van der Waals surface area contributed by atoms with Crippen LogP contribution in [-0.4, -0.2) is 56.8 Å². The van der Waals surface area contributed by atoms with Crippen molar-refractivity contribution < 1.29 is 22.3 Å². The first kappa shape index (κ1) is 20.3. The van der Waals surface area contributed by atoms with E-state index in [1.54, 1.807) is 12.0 Å². The minimum Gasteiger partial charge on any atom is -0.497 e. The van der Waals surface area contributed by atoms with Gasteiger partial charge in [-0.25, -0.2) is 12.8 Å². The number of hydrogen-bond acceptors (Lipinski definition) is 4. The maximum absolute atomic E-state index is 13.9. The zero-order chi connectivity index (χ0) is 20.1. The molecule has 1 heterocycles. The first-order valence-electron chi connectivity index (χ1n) is 9.07. The van der Waals surface area contributed by atoms with Gasteiger partial charge in [0.15, 0.2) is 0 Å². The molecule has 1 saturated heterocycles. The zero-order valence-corrected chi connectivity index (χ0v) is 16.5. The summed E-state index contributed by atoms with van der Waals surface area (Å²) in [6, 6.07) is 12.9. The number of carbonyl (C=O) groups is 1. The minimum atomic E-state index is -3.90. The molecule has 2 aromatic rings. The van der Waals surface area contributed by atoms with Crippen LogP contribution in [0.3, 0.4) is 0 Å². The number of sulfonamides is 1. The molecule has 0 unspecified atom stereocenters. The SMILES string of the molecule is COc1cccc(CCC(=O)N2CCN(S(=O)(=O)c3ccccc3F)CC2)c1. The van der Waals surface area contributed by atoms with E-state index in [0.29, 0.717) is 25.9 Å². The average Bonchev–Trinajstić information content (AvgIpc) is 2.72. The number of aryl methyl sites for hydroxylation is 1. The molecule has 1 amide bonds. The monoisotopic (exact) mass is 406 g/mol. The molecule has 0 atom stereocenters. The van der Waals surface area contributed by atoms with Crippen LogP contribution in [0.15, 0.2) is 53.4 Å². The lowest BCUT2D eigenvalue weighted by molar-refractivity contribution is -0.132. The van der Waals surface area contributed by atoms with Gasteiger partial charge in [0, 0.05) is 32.6 Å². The molecule has 1 aliphatic rings. The van der Waals surface area contributed by atoms with Gasteiger partial charge in [0.1, 0.15) is 16.5 Å². The van der Waals surface area contributed by atoms with E-state index in [1.165, 1.54) is 22.5 Å². The molecule has 8 heteroatoms. The number of halogens is 1. The van der Waals surface area contributed by atoms with E-state index >= 15 is 0 Å². The Kier molecular flexibility index (Phi) is 6.31. The van der Waals surface area contributed by atoms with Crippen molar-refractivity contribution in [2.75, 3.05) is 33.3 Å². The van der Waals surface area contributed by atoms with E-state index in [0.717, 1.165) is 17.4 Å². The molecule has 6 nitrogen and oxygen atoms in total. The van der Waals surface area contributed by atoms with Gasteiger partial charge >= 0.3 is 0 Å². The highest BCUT2D eigenvalue weighted by Crippen LogP contribution is 2.21. The van der Waals surface area contributed by atoms with Crippen molar-refractivity contribution in [3.05, 3.63) is 59.9 Å². The molecule has 1 aliphatic heterocycles. The van der Waals surface area contributed by atoms with Crippen molar-refractivity contribution in [3.63, 3.8) is 0 Å². The molecular weight excluding hydrogens is 383 g/mol. The predicted molar refractivity (Wildman–Crippen MR) is 103 cm³/mol. The van der Waals surface area contributed by atoms with Crippen LogP contribution in [0.2, 0.25) is 0 Å². The molecule has 0 spiro atoms. The Labute approximate surface area is 164 Å². The topological polar surface area (TPSA) is 66.9 Å². The van der Waals surface area contributed by atoms with Crippen LogP contribution >= 0.6 is 0 Å². The van der Waals surface area contributed by atoms with Crippen molar-refractivity contribution in [2.45, 2.75) is 17.7 Å². The van der Waals surface area contributed by atoms with E-state index in [2.05, 4.69) is 0 Å². The van der Waals surface area contributed by atoms with Crippen LogP contribution in [-0.2, 0) is 21.2 Å². The predicted octanol–water partition coefficient (Wildman–Crippen LogP) is 2.30. The van der Waals surface area contributed by atoms with Gasteiger partial charge in [-0.15, -0.1) is 0 Å². The first-order chi connectivity index (χ1) is 13.4. The summed E-state index contributed by atoms with van der Waals surface area (Å²) in [5.74, 6) is -0.0398. The quantitative estimate of drug-likeness (QED) is 0.738. The Balaban J connectivity index is 1.56. The second kappa shape index (κ2) is 8.70. The number of nitrogens with zero attached hydrogens (tertiary/aromatic N) is 2. The summed E-state index contributed by atoms with van der Waals surface area (Å²) in [7, 11) is -2.30. The minimum absolute atomic E-state index is 0.0224. The van der Waals surface area contributed by atoms with Gasteiger partial charge in [0.05, 0.1) is 7.11 Å². The third kappa shape index (κ3) is 4.51. The highest BCUT2D eigenvalue weighted by Gasteiger charge is 2.31. The van der Waals surface area contributed by atoms with Crippen LogP contribution in [0.4, 0.5) is 4.39 Å².